The molecule has 0 spiro atoms. The molecule has 4 rings (SSSR count). The molecule has 0 bridgehead atoms. The third kappa shape index (κ3) is 3.80. The fourth-order valence-electron chi connectivity index (χ4n) is 3.56. The van der Waals surface area contributed by atoms with Crippen LogP contribution in [0.2, 0.25) is 0 Å². The maximum Gasteiger partial charge on any atom is 0.237 e. The van der Waals surface area contributed by atoms with Crippen molar-refractivity contribution < 1.29 is 4.79 Å². The Morgan fingerprint density at radius 1 is 1.14 bits per heavy atom. The van der Waals surface area contributed by atoms with Gasteiger partial charge in [0, 0.05) is 24.8 Å². The van der Waals surface area contributed by atoms with E-state index in [-0.39, 0.29) is 11.9 Å². The topological polar surface area (TPSA) is 67.2 Å². The van der Waals surface area contributed by atoms with Gasteiger partial charge >= 0.3 is 0 Å². The number of fused-ring (bicyclic) bond motifs is 1. The van der Waals surface area contributed by atoms with E-state index in [0.29, 0.717) is 32.0 Å². The molecule has 1 atom stereocenters. The molecule has 1 aliphatic heterocycles. The van der Waals surface area contributed by atoms with Gasteiger partial charge in [0.2, 0.25) is 5.91 Å². The van der Waals surface area contributed by atoms with Crippen LogP contribution in [0.1, 0.15) is 24.5 Å². The predicted octanol–water partition coefficient (Wildman–Crippen LogP) is 2.38. The maximum atomic E-state index is 12.9. The highest BCUT2D eigenvalue weighted by Crippen LogP contribution is 2.26. The monoisotopic (exact) mass is 376 g/mol. The van der Waals surface area contributed by atoms with Crippen LogP contribution in [0.4, 0.5) is 0 Å². The Morgan fingerprint density at radius 3 is 2.68 bits per heavy atom. The van der Waals surface area contributed by atoms with Gasteiger partial charge in [0.1, 0.15) is 5.82 Å². The zero-order chi connectivity index (χ0) is 19.5. The third-order valence-electron chi connectivity index (χ3n) is 5.01. The molecular weight excluding hydrogens is 352 g/mol. The lowest BCUT2D eigenvalue weighted by Gasteiger charge is -2.34. The van der Waals surface area contributed by atoms with E-state index in [1.54, 1.807) is 6.20 Å². The van der Waals surface area contributed by atoms with Crippen LogP contribution in [-0.2, 0) is 17.9 Å². The number of likely N-dealkylation sites (N-methyl/N-ethyl adjacent to an activating group) is 1. The number of aromatic nitrogens is 4. The molecule has 0 unspecified atom stereocenters. The zero-order valence-electron chi connectivity index (χ0n) is 16.2. The van der Waals surface area contributed by atoms with Gasteiger partial charge in [0.25, 0.3) is 0 Å². The van der Waals surface area contributed by atoms with Crippen LogP contribution in [0, 0.1) is 0 Å². The highest BCUT2D eigenvalue weighted by atomic mass is 16.2. The number of nitrogens with zero attached hydrogens (tertiary/aromatic N) is 6. The number of benzene rings is 1. The highest BCUT2D eigenvalue weighted by Gasteiger charge is 2.31. The second-order valence-electron chi connectivity index (χ2n) is 7.14. The molecule has 28 heavy (non-hydrogen) atoms. The van der Waals surface area contributed by atoms with Crippen molar-refractivity contribution >= 4 is 5.91 Å². The largest absolute Gasteiger partial charge is 0.330 e. The summed E-state index contributed by atoms with van der Waals surface area (Å²) in [5.74, 6) is 1.65. The molecule has 0 saturated heterocycles. The Balaban J connectivity index is 1.44. The van der Waals surface area contributed by atoms with Crippen LogP contribution in [0.3, 0.4) is 0 Å². The molecule has 0 aliphatic carbocycles. The van der Waals surface area contributed by atoms with Crippen LogP contribution >= 0.6 is 0 Å². The molecule has 0 N–H and O–H groups in total. The lowest BCUT2D eigenvalue weighted by Crippen LogP contribution is -2.45. The van der Waals surface area contributed by atoms with Gasteiger partial charge in [0.05, 0.1) is 24.8 Å². The highest BCUT2D eigenvalue weighted by molar-refractivity contribution is 5.78. The normalized spacial score (nSPS) is 16.2. The van der Waals surface area contributed by atoms with E-state index in [0.717, 1.165) is 17.1 Å². The lowest BCUT2D eigenvalue weighted by atomic mass is 10.2. The smallest absolute Gasteiger partial charge is 0.237 e. The van der Waals surface area contributed by atoms with Crippen molar-refractivity contribution in [2.45, 2.75) is 26.1 Å². The van der Waals surface area contributed by atoms with Gasteiger partial charge in [-0.25, -0.2) is 9.67 Å². The van der Waals surface area contributed by atoms with Crippen LogP contribution in [0.25, 0.3) is 11.4 Å². The van der Waals surface area contributed by atoms with Crippen LogP contribution < -0.4 is 0 Å². The molecule has 1 amide bonds. The summed E-state index contributed by atoms with van der Waals surface area (Å²) >= 11 is 0. The summed E-state index contributed by atoms with van der Waals surface area (Å²) in [5, 5.41) is 4.63. The van der Waals surface area contributed by atoms with Gasteiger partial charge in [-0.05, 0) is 26.1 Å². The summed E-state index contributed by atoms with van der Waals surface area (Å²) in [5.41, 5.74) is 1.95. The van der Waals surface area contributed by atoms with Gasteiger partial charge in [-0.3, -0.25) is 14.7 Å². The lowest BCUT2D eigenvalue weighted by molar-refractivity contribution is -0.135. The van der Waals surface area contributed by atoms with Gasteiger partial charge in [-0.15, -0.1) is 0 Å². The summed E-state index contributed by atoms with van der Waals surface area (Å²) in [6.07, 6.45) is 1.77. The van der Waals surface area contributed by atoms with Crippen molar-refractivity contribution in [3.63, 3.8) is 0 Å². The molecule has 0 fully saturated rings. The quantitative estimate of drug-likeness (QED) is 0.684. The average Bonchev–Trinajstić information content (AvgIpc) is 3.15. The molecule has 2 aromatic heterocycles. The number of rotatable bonds is 5. The van der Waals surface area contributed by atoms with Crippen molar-refractivity contribution in [3.8, 4) is 11.4 Å². The van der Waals surface area contributed by atoms with Crippen molar-refractivity contribution in [2.24, 2.45) is 0 Å². The van der Waals surface area contributed by atoms with Crippen molar-refractivity contribution in [1.29, 1.82) is 0 Å². The summed E-state index contributed by atoms with van der Waals surface area (Å²) < 4.78 is 1.92. The molecule has 3 aromatic rings. The number of carbonyl (C=O) groups excluding carboxylic acids is 1. The summed E-state index contributed by atoms with van der Waals surface area (Å²) in [4.78, 5) is 25.8. The fourth-order valence-corrected chi connectivity index (χ4v) is 3.56. The van der Waals surface area contributed by atoms with E-state index in [1.807, 2.05) is 77.0 Å². The SMILES string of the molecule is C[C@H]1c2nc(-c3ccccc3)nn2CCN1C(=O)CN(C)Cc1ccccn1. The van der Waals surface area contributed by atoms with Gasteiger partial charge < -0.3 is 4.90 Å². The van der Waals surface area contributed by atoms with Gasteiger partial charge in [-0.2, -0.15) is 5.10 Å². The van der Waals surface area contributed by atoms with E-state index in [4.69, 9.17) is 4.98 Å². The van der Waals surface area contributed by atoms with E-state index in [2.05, 4.69) is 10.1 Å². The molecule has 7 heteroatoms. The molecule has 0 radical (unpaired) electrons. The average molecular weight is 376 g/mol. The molecule has 0 saturated carbocycles. The predicted molar refractivity (Wildman–Crippen MR) is 106 cm³/mol. The molecule has 144 valence electrons. The Kier molecular flexibility index (Phi) is 5.16. The van der Waals surface area contributed by atoms with Gasteiger partial charge in [0.15, 0.2) is 5.82 Å². The molecule has 3 heterocycles. The van der Waals surface area contributed by atoms with Crippen molar-refractivity contribution in [3.05, 3.63) is 66.2 Å². The fraction of sp³-hybridized carbons (Fsp3) is 0.333. The molecule has 7 nitrogen and oxygen atoms in total. The Morgan fingerprint density at radius 2 is 1.93 bits per heavy atom. The van der Waals surface area contributed by atoms with Gasteiger partial charge in [-0.1, -0.05) is 36.4 Å². The Labute approximate surface area is 164 Å². The second kappa shape index (κ2) is 7.90. The first kappa shape index (κ1) is 18.3. The van der Waals surface area contributed by atoms with E-state index >= 15 is 0 Å². The third-order valence-corrected chi connectivity index (χ3v) is 5.01. The number of hydrogen-bond acceptors (Lipinski definition) is 5. The van der Waals surface area contributed by atoms with E-state index in [1.165, 1.54) is 0 Å². The summed E-state index contributed by atoms with van der Waals surface area (Å²) in [7, 11) is 1.94. The first-order chi connectivity index (χ1) is 13.6. The first-order valence-corrected chi connectivity index (χ1v) is 9.50. The second-order valence-corrected chi connectivity index (χ2v) is 7.14. The van der Waals surface area contributed by atoms with Crippen LogP contribution in [0.15, 0.2) is 54.7 Å². The zero-order valence-corrected chi connectivity index (χ0v) is 16.2. The molecule has 1 aromatic carbocycles. The summed E-state index contributed by atoms with van der Waals surface area (Å²) in [6, 6.07) is 15.7. The number of carbonyl (C=O) groups is 1. The number of amides is 1. The summed E-state index contributed by atoms with van der Waals surface area (Å²) in [6.45, 7) is 4.31. The van der Waals surface area contributed by atoms with Crippen LogP contribution in [0.5, 0.6) is 0 Å². The van der Waals surface area contributed by atoms with Crippen molar-refractivity contribution in [2.75, 3.05) is 20.1 Å². The molecular formula is C21H24N6O. The minimum atomic E-state index is -0.102. The van der Waals surface area contributed by atoms with Crippen LogP contribution in [-0.4, -0.2) is 55.6 Å². The Bertz CT molecular complexity index is 940. The number of pyridine rings is 1. The maximum absolute atomic E-state index is 12.9. The minimum absolute atomic E-state index is 0.0986. The molecule has 1 aliphatic rings. The van der Waals surface area contributed by atoms with E-state index < -0.39 is 0 Å². The first-order valence-electron chi connectivity index (χ1n) is 9.50. The standard InChI is InChI=1S/C21H24N6O/c1-16-21-23-20(17-8-4-3-5-9-17)24-27(21)13-12-26(16)19(28)15-25(2)14-18-10-6-7-11-22-18/h3-11,16H,12-15H2,1-2H3/t16-/m0/s1. The van der Waals surface area contributed by atoms with E-state index in [9.17, 15) is 4.79 Å². The number of hydrogen-bond donors (Lipinski definition) is 0. The minimum Gasteiger partial charge on any atom is -0.330 e. The van der Waals surface area contributed by atoms with Crippen molar-refractivity contribution in [1.82, 2.24) is 29.5 Å². The Hall–Kier alpha value is -3.06.